The standard InChI is InChI=1S/C12H22BrNO/c1-3-10(9-13)14-11(15)12(2)7-5-4-6-8-12/h10H,3-9H2,1-2H3,(H,14,15). The van der Waals surface area contributed by atoms with Crippen LogP contribution in [0.2, 0.25) is 0 Å². The zero-order valence-corrected chi connectivity index (χ0v) is 11.4. The first-order valence-corrected chi connectivity index (χ1v) is 7.11. The third kappa shape index (κ3) is 3.47. The van der Waals surface area contributed by atoms with E-state index in [4.69, 9.17) is 0 Å². The summed E-state index contributed by atoms with van der Waals surface area (Å²) in [7, 11) is 0. The SMILES string of the molecule is CCC(CBr)NC(=O)C1(C)CCCCC1. The van der Waals surface area contributed by atoms with Gasteiger partial charge in [-0.15, -0.1) is 0 Å². The lowest BCUT2D eigenvalue weighted by molar-refractivity contribution is -0.132. The summed E-state index contributed by atoms with van der Waals surface area (Å²) >= 11 is 3.43. The van der Waals surface area contributed by atoms with Gasteiger partial charge in [-0.1, -0.05) is 49.0 Å². The van der Waals surface area contributed by atoms with Gasteiger partial charge in [0, 0.05) is 16.8 Å². The zero-order valence-electron chi connectivity index (χ0n) is 9.81. The van der Waals surface area contributed by atoms with E-state index in [1.807, 2.05) is 0 Å². The van der Waals surface area contributed by atoms with E-state index in [9.17, 15) is 4.79 Å². The molecule has 0 spiro atoms. The summed E-state index contributed by atoms with van der Waals surface area (Å²) in [5.74, 6) is 0.258. The quantitative estimate of drug-likeness (QED) is 0.785. The largest absolute Gasteiger partial charge is 0.352 e. The monoisotopic (exact) mass is 275 g/mol. The number of alkyl halides is 1. The summed E-state index contributed by atoms with van der Waals surface area (Å²) in [6.45, 7) is 4.22. The molecular formula is C12H22BrNO. The zero-order chi connectivity index (χ0) is 11.3. The van der Waals surface area contributed by atoms with Crippen LogP contribution in [0.15, 0.2) is 0 Å². The predicted molar refractivity (Wildman–Crippen MR) is 67.2 cm³/mol. The van der Waals surface area contributed by atoms with Crippen LogP contribution in [0.4, 0.5) is 0 Å². The Morgan fingerprint density at radius 2 is 2.00 bits per heavy atom. The van der Waals surface area contributed by atoms with Gasteiger partial charge in [-0.05, 0) is 19.3 Å². The maximum Gasteiger partial charge on any atom is 0.226 e. The molecule has 0 bridgehead atoms. The van der Waals surface area contributed by atoms with Gasteiger partial charge in [-0.2, -0.15) is 0 Å². The van der Waals surface area contributed by atoms with Crippen molar-refractivity contribution in [2.24, 2.45) is 5.41 Å². The Labute approximate surface area is 101 Å². The Hall–Kier alpha value is -0.0500. The van der Waals surface area contributed by atoms with Crippen LogP contribution in [0.25, 0.3) is 0 Å². The van der Waals surface area contributed by atoms with Crippen LogP contribution in [0.1, 0.15) is 52.4 Å². The summed E-state index contributed by atoms with van der Waals surface area (Å²) < 4.78 is 0. The molecule has 1 N–H and O–H groups in total. The third-order valence-corrected chi connectivity index (χ3v) is 4.30. The summed E-state index contributed by atoms with van der Waals surface area (Å²) in [5.41, 5.74) is -0.103. The third-order valence-electron chi connectivity index (χ3n) is 3.52. The lowest BCUT2D eigenvalue weighted by Gasteiger charge is -2.33. The Morgan fingerprint density at radius 3 is 2.47 bits per heavy atom. The maximum absolute atomic E-state index is 12.1. The highest BCUT2D eigenvalue weighted by molar-refractivity contribution is 9.09. The molecule has 0 saturated heterocycles. The molecule has 15 heavy (non-hydrogen) atoms. The van der Waals surface area contributed by atoms with E-state index in [0.717, 1.165) is 24.6 Å². The minimum atomic E-state index is -0.103. The number of hydrogen-bond acceptors (Lipinski definition) is 1. The Kier molecular flexibility index (Phi) is 5.10. The van der Waals surface area contributed by atoms with E-state index >= 15 is 0 Å². The average molecular weight is 276 g/mol. The highest BCUT2D eigenvalue weighted by Crippen LogP contribution is 2.35. The van der Waals surface area contributed by atoms with Crippen molar-refractivity contribution in [1.82, 2.24) is 5.32 Å². The molecule has 1 rings (SSSR count). The maximum atomic E-state index is 12.1. The number of rotatable bonds is 4. The summed E-state index contributed by atoms with van der Waals surface area (Å²) in [6, 6.07) is 0.288. The fourth-order valence-electron chi connectivity index (χ4n) is 2.17. The molecule has 0 aromatic heterocycles. The van der Waals surface area contributed by atoms with Crippen LogP contribution >= 0.6 is 15.9 Å². The molecule has 1 unspecified atom stereocenters. The Bertz CT molecular complexity index is 208. The van der Waals surface area contributed by atoms with Crippen molar-refractivity contribution in [1.29, 1.82) is 0 Å². The topological polar surface area (TPSA) is 29.1 Å². The van der Waals surface area contributed by atoms with Gasteiger partial charge < -0.3 is 5.32 Å². The molecule has 0 aliphatic heterocycles. The first-order valence-electron chi connectivity index (χ1n) is 5.99. The van der Waals surface area contributed by atoms with Crippen molar-refractivity contribution in [3.8, 4) is 0 Å². The molecule has 0 radical (unpaired) electrons. The van der Waals surface area contributed by atoms with Crippen LogP contribution in [-0.4, -0.2) is 17.3 Å². The van der Waals surface area contributed by atoms with Crippen molar-refractivity contribution in [2.45, 2.75) is 58.4 Å². The van der Waals surface area contributed by atoms with Crippen LogP contribution < -0.4 is 5.32 Å². The molecule has 1 saturated carbocycles. The molecule has 88 valence electrons. The summed E-state index contributed by atoms with van der Waals surface area (Å²) in [4.78, 5) is 12.1. The molecular weight excluding hydrogens is 254 g/mol. The lowest BCUT2D eigenvalue weighted by atomic mass is 9.75. The van der Waals surface area contributed by atoms with E-state index in [1.165, 1.54) is 19.3 Å². The molecule has 1 amide bonds. The van der Waals surface area contributed by atoms with E-state index in [1.54, 1.807) is 0 Å². The van der Waals surface area contributed by atoms with Crippen molar-refractivity contribution in [3.05, 3.63) is 0 Å². The van der Waals surface area contributed by atoms with Gasteiger partial charge in [0.05, 0.1) is 0 Å². The number of amides is 1. The highest BCUT2D eigenvalue weighted by atomic mass is 79.9. The molecule has 1 atom stereocenters. The molecule has 3 heteroatoms. The molecule has 1 aliphatic rings. The average Bonchev–Trinajstić information content (AvgIpc) is 2.26. The second-order valence-corrected chi connectivity index (χ2v) is 5.50. The molecule has 0 aromatic carbocycles. The van der Waals surface area contributed by atoms with Crippen molar-refractivity contribution in [3.63, 3.8) is 0 Å². The highest BCUT2D eigenvalue weighted by Gasteiger charge is 2.34. The molecule has 1 fully saturated rings. The van der Waals surface area contributed by atoms with Crippen LogP contribution in [0.5, 0.6) is 0 Å². The minimum Gasteiger partial charge on any atom is -0.352 e. The fourth-order valence-corrected chi connectivity index (χ4v) is 2.79. The first kappa shape index (κ1) is 13.0. The molecule has 2 nitrogen and oxygen atoms in total. The van der Waals surface area contributed by atoms with Gasteiger partial charge in [-0.25, -0.2) is 0 Å². The van der Waals surface area contributed by atoms with E-state index in [-0.39, 0.29) is 17.4 Å². The van der Waals surface area contributed by atoms with E-state index in [2.05, 4.69) is 35.1 Å². The summed E-state index contributed by atoms with van der Waals surface area (Å²) in [5, 5.41) is 3.99. The second-order valence-electron chi connectivity index (χ2n) is 4.85. The van der Waals surface area contributed by atoms with Crippen LogP contribution in [-0.2, 0) is 4.79 Å². The lowest BCUT2D eigenvalue weighted by Crippen LogP contribution is -2.45. The van der Waals surface area contributed by atoms with Crippen molar-refractivity contribution in [2.75, 3.05) is 5.33 Å². The van der Waals surface area contributed by atoms with Crippen molar-refractivity contribution < 1.29 is 4.79 Å². The molecule has 1 aliphatic carbocycles. The molecule has 0 heterocycles. The van der Waals surface area contributed by atoms with Crippen LogP contribution in [0, 0.1) is 5.41 Å². The first-order chi connectivity index (χ1) is 7.12. The second kappa shape index (κ2) is 5.88. The number of carbonyl (C=O) groups excluding carboxylic acids is 1. The number of nitrogens with one attached hydrogen (secondary N) is 1. The molecule has 0 aromatic rings. The van der Waals surface area contributed by atoms with Crippen LogP contribution in [0.3, 0.4) is 0 Å². The van der Waals surface area contributed by atoms with E-state index < -0.39 is 0 Å². The van der Waals surface area contributed by atoms with Gasteiger partial charge in [0.25, 0.3) is 0 Å². The van der Waals surface area contributed by atoms with Gasteiger partial charge in [0.1, 0.15) is 0 Å². The smallest absolute Gasteiger partial charge is 0.226 e. The van der Waals surface area contributed by atoms with E-state index in [0.29, 0.717) is 0 Å². The Balaban J connectivity index is 2.50. The fraction of sp³-hybridized carbons (Fsp3) is 0.917. The minimum absolute atomic E-state index is 0.103. The van der Waals surface area contributed by atoms with Gasteiger partial charge in [0.2, 0.25) is 5.91 Å². The number of hydrogen-bond donors (Lipinski definition) is 1. The van der Waals surface area contributed by atoms with Crippen molar-refractivity contribution >= 4 is 21.8 Å². The van der Waals surface area contributed by atoms with Gasteiger partial charge in [0.15, 0.2) is 0 Å². The normalized spacial score (nSPS) is 22.1. The number of carbonyl (C=O) groups is 1. The Morgan fingerprint density at radius 1 is 1.40 bits per heavy atom. The summed E-state index contributed by atoms with van der Waals surface area (Å²) in [6.07, 6.45) is 6.80. The van der Waals surface area contributed by atoms with Gasteiger partial charge >= 0.3 is 0 Å². The van der Waals surface area contributed by atoms with Gasteiger partial charge in [-0.3, -0.25) is 4.79 Å². The number of halogens is 1. The predicted octanol–water partition coefficient (Wildman–Crippen LogP) is 3.25.